The molecule has 0 fully saturated rings. The molecule has 4 aromatic rings. The van der Waals surface area contributed by atoms with Gasteiger partial charge in [-0.2, -0.15) is 20.1 Å². The lowest BCUT2D eigenvalue weighted by molar-refractivity contribution is 0.0947. The monoisotopic (exact) mass is 482 g/mol. The highest BCUT2D eigenvalue weighted by Crippen LogP contribution is 2.18. The minimum absolute atomic E-state index is 0.130. The molecule has 2 aromatic heterocycles. The summed E-state index contributed by atoms with van der Waals surface area (Å²) < 4.78 is 6.24. The van der Waals surface area contributed by atoms with Crippen molar-refractivity contribution in [3.05, 3.63) is 96.7 Å². The number of fused-ring (bicyclic) bond motifs is 1. The molecule has 0 unspecified atom stereocenters. The summed E-state index contributed by atoms with van der Waals surface area (Å²) in [6.07, 6.45) is 1.20. The number of aromatic nitrogens is 3. The summed E-state index contributed by atoms with van der Waals surface area (Å²) in [6.45, 7) is 5.28. The zero-order chi connectivity index (χ0) is 26.0. The van der Waals surface area contributed by atoms with Crippen molar-refractivity contribution in [2.24, 2.45) is 5.10 Å². The molecule has 10 nitrogen and oxygen atoms in total. The molecule has 0 aliphatic carbocycles. The van der Waals surface area contributed by atoms with Gasteiger partial charge in [0.2, 0.25) is 0 Å². The van der Waals surface area contributed by atoms with Crippen LogP contribution >= 0.6 is 0 Å². The molecule has 0 aliphatic rings. The third kappa shape index (κ3) is 4.50. The highest BCUT2D eigenvalue weighted by Gasteiger charge is 2.20. The molecular weight excluding hydrogens is 460 g/mol. The second-order valence-electron chi connectivity index (χ2n) is 8.15. The van der Waals surface area contributed by atoms with Crippen LogP contribution in [-0.4, -0.2) is 34.0 Å². The van der Waals surface area contributed by atoms with E-state index in [1.54, 1.807) is 43.5 Å². The molecular formula is C26H22N6O4. The summed E-state index contributed by atoms with van der Waals surface area (Å²) in [4.78, 5) is 40.9. The van der Waals surface area contributed by atoms with E-state index in [0.717, 1.165) is 21.2 Å². The van der Waals surface area contributed by atoms with Crippen LogP contribution in [0.15, 0.2) is 57.2 Å². The Morgan fingerprint density at radius 1 is 1.14 bits per heavy atom. The van der Waals surface area contributed by atoms with Crippen LogP contribution in [0.3, 0.4) is 0 Å². The molecule has 36 heavy (non-hydrogen) atoms. The summed E-state index contributed by atoms with van der Waals surface area (Å²) in [5, 5.41) is 18.4. The van der Waals surface area contributed by atoms with Gasteiger partial charge < -0.3 is 9.72 Å². The van der Waals surface area contributed by atoms with E-state index in [0.29, 0.717) is 17.0 Å². The molecule has 2 heterocycles. The number of rotatable bonds is 5. The van der Waals surface area contributed by atoms with Gasteiger partial charge in [-0.3, -0.25) is 14.4 Å². The van der Waals surface area contributed by atoms with E-state index in [-0.39, 0.29) is 22.4 Å². The van der Waals surface area contributed by atoms with Crippen molar-refractivity contribution < 1.29 is 9.53 Å². The third-order valence-electron chi connectivity index (χ3n) is 5.85. The number of hydrogen-bond donors (Lipinski definition) is 2. The minimum Gasteiger partial charge on any atom is -0.497 e. The highest BCUT2D eigenvalue weighted by atomic mass is 16.5. The fourth-order valence-corrected chi connectivity index (χ4v) is 3.62. The summed E-state index contributed by atoms with van der Waals surface area (Å²) in [7, 11) is 1.54. The van der Waals surface area contributed by atoms with Crippen LogP contribution in [0.25, 0.3) is 16.6 Å². The SMILES string of the molecule is COc1ccc2[nH]c(=O)c(/C=N/NC(=O)c3nn(-c4ccc(C)c(C)c4)c(=O)c(C#N)c3C)cc2c1. The Kier molecular flexibility index (Phi) is 6.48. The molecule has 0 bridgehead atoms. The fourth-order valence-electron chi connectivity index (χ4n) is 3.62. The molecule has 0 saturated carbocycles. The number of hydrogen-bond acceptors (Lipinski definition) is 7. The molecule has 10 heteroatoms. The highest BCUT2D eigenvalue weighted by molar-refractivity contribution is 5.95. The molecule has 0 spiro atoms. The number of carbonyl (C=O) groups excluding carboxylic acids is 1. The van der Waals surface area contributed by atoms with Gasteiger partial charge >= 0.3 is 0 Å². The zero-order valence-corrected chi connectivity index (χ0v) is 20.0. The van der Waals surface area contributed by atoms with Gasteiger partial charge in [-0.05, 0) is 68.3 Å². The largest absolute Gasteiger partial charge is 0.497 e. The Morgan fingerprint density at radius 3 is 2.61 bits per heavy atom. The summed E-state index contributed by atoms with van der Waals surface area (Å²) >= 11 is 0. The lowest BCUT2D eigenvalue weighted by Gasteiger charge is -2.11. The number of amides is 1. The molecule has 1 amide bonds. The first kappa shape index (κ1) is 24.1. The second kappa shape index (κ2) is 9.68. The first-order valence-electron chi connectivity index (χ1n) is 10.9. The third-order valence-corrected chi connectivity index (χ3v) is 5.85. The number of nitrogens with zero attached hydrogens (tertiary/aromatic N) is 4. The van der Waals surface area contributed by atoms with Gasteiger partial charge in [0.05, 0.1) is 24.6 Å². The number of ether oxygens (including phenoxy) is 1. The van der Waals surface area contributed by atoms with Crippen molar-refractivity contribution in [1.82, 2.24) is 20.2 Å². The Bertz CT molecular complexity index is 1710. The van der Waals surface area contributed by atoms with Gasteiger partial charge in [0.25, 0.3) is 17.0 Å². The number of pyridine rings is 1. The summed E-state index contributed by atoms with van der Waals surface area (Å²) in [5.74, 6) is -0.115. The average Bonchev–Trinajstić information content (AvgIpc) is 2.86. The van der Waals surface area contributed by atoms with Crippen molar-refractivity contribution in [3.8, 4) is 17.5 Å². The number of nitrogens with one attached hydrogen (secondary N) is 2. The summed E-state index contributed by atoms with van der Waals surface area (Å²) in [6, 6.07) is 14.0. The first-order valence-corrected chi connectivity index (χ1v) is 10.9. The minimum atomic E-state index is -0.739. The maximum atomic E-state index is 12.9. The van der Waals surface area contributed by atoms with Gasteiger partial charge in [-0.15, -0.1) is 0 Å². The van der Waals surface area contributed by atoms with Crippen LogP contribution in [0.2, 0.25) is 0 Å². The van der Waals surface area contributed by atoms with E-state index in [4.69, 9.17) is 4.74 Å². The molecule has 180 valence electrons. The lowest BCUT2D eigenvalue weighted by atomic mass is 10.1. The van der Waals surface area contributed by atoms with Crippen molar-refractivity contribution in [1.29, 1.82) is 5.26 Å². The van der Waals surface area contributed by atoms with Crippen LogP contribution in [0, 0.1) is 32.1 Å². The predicted molar refractivity (Wildman–Crippen MR) is 135 cm³/mol. The lowest BCUT2D eigenvalue weighted by Crippen LogP contribution is -2.31. The van der Waals surface area contributed by atoms with Crippen molar-refractivity contribution in [2.45, 2.75) is 20.8 Å². The maximum Gasteiger partial charge on any atom is 0.292 e. The normalized spacial score (nSPS) is 11.0. The Hall–Kier alpha value is -5.04. The first-order chi connectivity index (χ1) is 17.2. The number of nitriles is 1. The number of hydrazone groups is 1. The van der Waals surface area contributed by atoms with Gasteiger partial charge in [-0.1, -0.05) is 6.07 Å². The van der Waals surface area contributed by atoms with E-state index in [1.807, 2.05) is 26.0 Å². The van der Waals surface area contributed by atoms with Crippen LogP contribution in [0.1, 0.15) is 38.3 Å². The van der Waals surface area contributed by atoms with Gasteiger partial charge in [0.15, 0.2) is 5.69 Å². The van der Waals surface area contributed by atoms with Gasteiger partial charge in [0.1, 0.15) is 17.4 Å². The van der Waals surface area contributed by atoms with Crippen molar-refractivity contribution in [3.63, 3.8) is 0 Å². The maximum absolute atomic E-state index is 12.9. The van der Waals surface area contributed by atoms with E-state index in [2.05, 4.69) is 20.6 Å². The topological polar surface area (TPSA) is 142 Å². The van der Waals surface area contributed by atoms with Crippen molar-refractivity contribution in [2.75, 3.05) is 7.11 Å². The molecule has 4 rings (SSSR count). The number of benzene rings is 2. The van der Waals surface area contributed by atoms with Crippen LogP contribution < -0.4 is 21.3 Å². The fraction of sp³-hybridized carbons (Fsp3) is 0.154. The van der Waals surface area contributed by atoms with Crippen LogP contribution in [0.5, 0.6) is 5.75 Å². The molecule has 0 radical (unpaired) electrons. The second-order valence-corrected chi connectivity index (χ2v) is 8.15. The van der Waals surface area contributed by atoms with Gasteiger partial charge in [-0.25, -0.2) is 5.43 Å². The molecule has 0 aliphatic heterocycles. The molecule has 0 atom stereocenters. The van der Waals surface area contributed by atoms with E-state index in [9.17, 15) is 19.6 Å². The molecule has 2 aromatic carbocycles. The number of aryl methyl sites for hydroxylation is 2. The predicted octanol–water partition coefficient (Wildman–Crippen LogP) is 2.64. The zero-order valence-electron chi connectivity index (χ0n) is 20.0. The number of H-pyrrole nitrogens is 1. The number of aromatic amines is 1. The van der Waals surface area contributed by atoms with Gasteiger partial charge in [0, 0.05) is 16.5 Å². The number of carbonyl (C=O) groups is 1. The quantitative estimate of drug-likeness (QED) is 0.331. The number of methoxy groups -OCH3 is 1. The smallest absolute Gasteiger partial charge is 0.292 e. The van der Waals surface area contributed by atoms with Crippen LogP contribution in [-0.2, 0) is 0 Å². The Balaban J connectivity index is 1.68. The van der Waals surface area contributed by atoms with E-state index < -0.39 is 17.0 Å². The average molecular weight is 483 g/mol. The Labute approximate surface area is 205 Å². The standard InChI is InChI=1S/C26H22N6O4/c1-14-5-6-19(9-15(14)2)32-26(35)21(12-27)16(3)23(31-32)25(34)30-28-13-18-10-17-11-20(36-4)7-8-22(17)29-24(18)33/h5-11,13H,1-4H3,(H,29,33)(H,30,34)/b28-13+. The van der Waals surface area contributed by atoms with Crippen LogP contribution in [0.4, 0.5) is 0 Å². The summed E-state index contributed by atoms with van der Waals surface area (Å²) in [5.41, 5.74) is 4.30. The van der Waals surface area contributed by atoms with E-state index >= 15 is 0 Å². The molecule has 0 saturated heterocycles. The van der Waals surface area contributed by atoms with Crippen molar-refractivity contribution >= 4 is 23.0 Å². The van der Waals surface area contributed by atoms with E-state index in [1.165, 1.54) is 13.1 Å². The molecule has 2 N–H and O–H groups in total. The Morgan fingerprint density at radius 2 is 1.92 bits per heavy atom.